The molecular weight excluding hydrogens is 232 g/mol. The number of aryl methyl sites for hydroxylation is 1. The van der Waals surface area contributed by atoms with E-state index in [2.05, 4.69) is 20.1 Å². The van der Waals surface area contributed by atoms with E-state index in [0.29, 0.717) is 12.3 Å². The molecule has 0 bridgehead atoms. The minimum atomic E-state index is -0.253. The van der Waals surface area contributed by atoms with Gasteiger partial charge in [-0.05, 0) is 6.92 Å². The molecular formula is C11H16N6O. The topological polar surface area (TPSA) is 91.7 Å². The lowest BCUT2D eigenvalue weighted by atomic mass is 10.1. The van der Waals surface area contributed by atoms with Gasteiger partial charge < -0.3 is 10.5 Å². The van der Waals surface area contributed by atoms with Crippen molar-refractivity contribution in [3.05, 3.63) is 30.2 Å². The third kappa shape index (κ3) is 2.62. The van der Waals surface area contributed by atoms with Crippen LogP contribution >= 0.6 is 0 Å². The first-order valence-corrected chi connectivity index (χ1v) is 5.72. The summed E-state index contributed by atoms with van der Waals surface area (Å²) in [6.45, 7) is 2.78. The molecule has 0 spiro atoms. The molecule has 1 unspecified atom stereocenters. The second kappa shape index (κ2) is 5.54. The summed E-state index contributed by atoms with van der Waals surface area (Å²) >= 11 is 0. The standard InChI is InChI=1S/C11H16N6O/c1-3-17-10(14-7-16-17)4-8(12)9-5-11(18-2)15-6-13-9/h5-8H,3-4,12H2,1-2H3. The Morgan fingerprint density at radius 1 is 1.33 bits per heavy atom. The zero-order valence-corrected chi connectivity index (χ0v) is 10.4. The molecule has 0 saturated carbocycles. The minimum absolute atomic E-state index is 0.253. The van der Waals surface area contributed by atoms with Crippen molar-refractivity contribution in [2.45, 2.75) is 25.9 Å². The van der Waals surface area contributed by atoms with Crippen LogP contribution in [0.3, 0.4) is 0 Å². The number of hydrogen-bond donors (Lipinski definition) is 1. The summed E-state index contributed by atoms with van der Waals surface area (Å²) in [5.74, 6) is 1.36. The van der Waals surface area contributed by atoms with Crippen molar-refractivity contribution in [3.8, 4) is 5.88 Å². The van der Waals surface area contributed by atoms with Crippen molar-refractivity contribution in [1.82, 2.24) is 24.7 Å². The van der Waals surface area contributed by atoms with E-state index in [-0.39, 0.29) is 6.04 Å². The maximum absolute atomic E-state index is 6.11. The number of aromatic nitrogens is 5. The van der Waals surface area contributed by atoms with Gasteiger partial charge in [-0.1, -0.05) is 0 Å². The van der Waals surface area contributed by atoms with Crippen molar-refractivity contribution < 1.29 is 4.74 Å². The van der Waals surface area contributed by atoms with Gasteiger partial charge in [-0.25, -0.2) is 15.0 Å². The largest absolute Gasteiger partial charge is 0.481 e. The Labute approximate surface area is 105 Å². The molecule has 0 aromatic carbocycles. The molecule has 18 heavy (non-hydrogen) atoms. The summed E-state index contributed by atoms with van der Waals surface area (Å²) in [5.41, 5.74) is 6.84. The molecule has 2 heterocycles. The summed E-state index contributed by atoms with van der Waals surface area (Å²) < 4.78 is 6.86. The van der Waals surface area contributed by atoms with Crippen LogP contribution in [0.1, 0.15) is 24.5 Å². The Kier molecular flexibility index (Phi) is 3.83. The molecule has 7 heteroatoms. The van der Waals surface area contributed by atoms with E-state index < -0.39 is 0 Å². The van der Waals surface area contributed by atoms with Crippen LogP contribution in [0, 0.1) is 0 Å². The normalized spacial score (nSPS) is 12.4. The molecule has 0 aliphatic carbocycles. The molecule has 0 saturated heterocycles. The van der Waals surface area contributed by atoms with Crippen molar-refractivity contribution in [2.24, 2.45) is 5.73 Å². The van der Waals surface area contributed by atoms with E-state index in [0.717, 1.165) is 18.1 Å². The maximum Gasteiger partial charge on any atom is 0.216 e. The fourth-order valence-corrected chi connectivity index (χ4v) is 1.68. The van der Waals surface area contributed by atoms with Crippen molar-refractivity contribution in [3.63, 3.8) is 0 Å². The van der Waals surface area contributed by atoms with Gasteiger partial charge in [-0.15, -0.1) is 0 Å². The predicted molar refractivity (Wildman–Crippen MR) is 64.9 cm³/mol. The van der Waals surface area contributed by atoms with Crippen LogP contribution in [-0.2, 0) is 13.0 Å². The van der Waals surface area contributed by atoms with E-state index in [1.165, 1.54) is 12.7 Å². The van der Waals surface area contributed by atoms with E-state index in [9.17, 15) is 0 Å². The highest BCUT2D eigenvalue weighted by Crippen LogP contribution is 2.15. The zero-order chi connectivity index (χ0) is 13.0. The Hall–Kier alpha value is -2.02. The third-order valence-corrected chi connectivity index (χ3v) is 2.65. The van der Waals surface area contributed by atoms with Crippen molar-refractivity contribution in [1.29, 1.82) is 0 Å². The van der Waals surface area contributed by atoms with Crippen molar-refractivity contribution >= 4 is 0 Å². The molecule has 2 rings (SSSR count). The van der Waals surface area contributed by atoms with Crippen LogP contribution < -0.4 is 10.5 Å². The van der Waals surface area contributed by atoms with Crippen LogP contribution in [-0.4, -0.2) is 31.8 Å². The summed E-state index contributed by atoms with van der Waals surface area (Å²) in [4.78, 5) is 12.3. The first-order valence-electron chi connectivity index (χ1n) is 5.72. The van der Waals surface area contributed by atoms with Gasteiger partial charge in [0.1, 0.15) is 18.5 Å². The Morgan fingerprint density at radius 2 is 2.17 bits per heavy atom. The number of nitrogens with zero attached hydrogens (tertiary/aromatic N) is 5. The average molecular weight is 248 g/mol. The number of methoxy groups -OCH3 is 1. The van der Waals surface area contributed by atoms with Gasteiger partial charge in [0, 0.05) is 19.0 Å². The molecule has 2 aromatic heterocycles. The summed E-state index contributed by atoms with van der Waals surface area (Å²) in [6.07, 6.45) is 3.55. The lowest BCUT2D eigenvalue weighted by Crippen LogP contribution is -2.18. The second-order valence-corrected chi connectivity index (χ2v) is 3.79. The van der Waals surface area contributed by atoms with Gasteiger partial charge in [0.25, 0.3) is 0 Å². The minimum Gasteiger partial charge on any atom is -0.481 e. The molecule has 1 atom stereocenters. The SMILES string of the molecule is CCn1ncnc1CC(N)c1cc(OC)ncn1. The molecule has 96 valence electrons. The second-order valence-electron chi connectivity index (χ2n) is 3.79. The molecule has 0 aliphatic heterocycles. The highest BCUT2D eigenvalue weighted by molar-refractivity contribution is 5.17. The van der Waals surface area contributed by atoms with Crippen LogP contribution in [0.25, 0.3) is 0 Å². The zero-order valence-electron chi connectivity index (χ0n) is 10.4. The van der Waals surface area contributed by atoms with E-state index in [1.807, 2.05) is 11.6 Å². The fraction of sp³-hybridized carbons (Fsp3) is 0.455. The van der Waals surface area contributed by atoms with E-state index in [1.54, 1.807) is 13.2 Å². The third-order valence-electron chi connectivity index (χ3n) is 2.65. The monoisotopic (exact) mass is 248 g/mol. The van der Waals surface area contributed by atoms with Crippen LogP contribution in [0.2, 0.25) is 0 Å². The quantitative estimate of drug-likeness (QED) is 0.820. The van der Waals surface area contributed by atoms with Gasteiger partial charge in [-0.2, -0.15) is 5.10 Å². The number of rotatable bonds is 5. The molecule has 0 radical (unpaired) electrons. The van der Waals surface area contributed by atoms with Gasteiger partial charge >= 0.3 is 0 Å². The van der Waals surface area contributed by atoms with E-state index in [4.69, 9.17) is 10.5 Å². The van der Waals surface area contributed by atoms with Gasteiger partial charge in [0.05, 0.1) is 18.8 Å². The molecule has 7 nitrogen and oxygen atoms in total. The Bertz CT molecular complexity index is 512. The number of hydrogen-bond acceptors (Lipinski definition) is 6. The Morgan fingerprint density at radius 3 is 2.89 bits per heavy atom. The first kappa shape index (κ1) is 12.4. The van der Waals surface area contributed by atoms with E-state index >= 15 is 0 Å². The number of nitrogens with two attached hydrogens (primary N) is 1. The molecule has 2 N–H and O–H groups in total. The van der Waals surface area contributed by atoms with Crippen LogP contribution in [0.5, 0.6) is 5.88 Å². The summed E-state index contributed by atoms with van der Waals surface area (Å²) in [5, 5.41) is 4.11. The van der Waals surface area contributed by atoms with Crippen molar-refractivity contribution in [2.75, 3.05) is 7.11 Å². The van der Waals surface area contributed by atoms with Crippen LogP contribution in [0.4, 0.5) is 0 Å². The molecule has 2 aromatic rings. The summed E-state index contributed by atoms with van der Waals surface area (Å²) in [6, 6.07) is 1.48. The van der Waals surface area contributed by atoms with Gasteiger partial charge in [0.2, 0.25) is 5.88 Å². The molecule has 0 amide bonds. The van der Waals surface area contributed by atoms with Gasteiger partial charge in [0.15, 0.2) is 0 Å². The molecule has 0 fully saturated rings. The highest BCUT2D eigenvalue weighted by atomic mass is 16.5. The predicted octanol–water partition coefficient (Wildman–Crippen LogP) is 0.339. The number of ether oxygens (including phenoxy) is 1. The lowest BCUT2D eigenvalue weighted by Gasteiger charge is -2.11. The average Bonchev–Trinajstić information content (AvgIpc) is 2.86. The van der Waals surface area contributed by atoms with Crippen LogP contribution in [0.15, 0.2) is 18.7 Å². The molecule has 0 aliphatic rings. The lowest BCUT2D eigenvalue weighted by molar-refractivity contribution is 0.395. The summed E-state index contributed by atoms with van der Waals surface area (Å²) in [7, 11) is 1.56. The maximum atomic E-state index is 6.11. The van der Waals surface area contributed by atoms with Gasteiger partial charge in [-0.3, -0.25) is 4.68 Å². The fourth-order valence-electron chi connectivity index (χ4n) is 1.68. The Balaban J connectivity index is 2.13. The highest BCUT2D eigenvalue weighted by Gasteiger charge is 2.13. The first-order chi connectivity index (χ1) is 8.74. The smallest absolute Gasteiger partial charge is 0.216 e.